The van der Waals surface area contributed by atoms with Crippen LogP contribution in [0.5, 0.6) is 0 Å². The van der Waals surface area contributed by atoms with Crippen molar-refractivity contribution in [2.24, 2.45) is 16.6 Å². The van der Waals surface area contributed by atoms with E-state index in [1.54, 1.807) is 0 Å². The first-order chi connectivity index (χ1) is 12.7. The summed E-state index contributed by atoms with van der Waals surface area (Å²) in [5.74, 6) is -1.70. The molecule has 3 amide bonds. The Morgan fingerprint density at radius 1 is 1.48 bits per heavy atom. The van der Waals surface area contributed by atoms with Crippen LogP contribution in [0.25, 0.3) is 0 Å². The van der Waals surface area contributed by atoms with Gasteiger partial charge in [0, 0.05) is 0 Å². The highest BCUT2D eigenvalue weighted by Crippen LogP contribution is 2.14. The smallest absolute Gasteiger partial charge is 0.433 e. The largest absolute Gasteiger partial charge is 0.480 e. The number of amides is 3. The number of rotatable bonds is 8. The van der Waals surface area contributed by atoms with Gasteiger partial charge in [-0.1, -0.05) is 6.42 Å². The topological polar surface area (TPSA) is 207 Å². The average Bonchev–Trinajstić information content (AvgIpc) is 3.20. The molecule has 13 heteroatoms. The monoisotopic (exact) mass is 384 g/mol. The number of unbranched alkanes of at least 4 members (excludes halogenated alkanes) is 1. The average molecular weight is 384 g/mol. The van der Waals surface area contributed by atoms with Gasteiger partial charge in [0.25, 0.3) is 0 Å². The predicted molar refractivity (Wildman–Crippen MR) is 91.7 cm³/mol. The lowest BCUT2D eigenvalue weighted by Gasteiger charge is -2.03. The molecule has 1 atom stereocenters. The summed E-state index contributed by atoms with van der Waals surface area (Å²) in [6, 6.07) is 1.13. The van der Waals surface area contributed by atoms with Crippen molar-refractivity contribution in [1.29, 1.82) is 0 Å². The highest BCUT2D eigenvalue weighted by molar-refractivity contribution is 6.02. The van der Waals surface area contributed by atoms with Crippen LogP contribution in [0.4, 0.5) is 10.7 Å². The second-order valence-electron chi connectivity index (χ2n) is 5.32. The second kappa shape index (κ2) is 10.6. The summed E-state index contributed by atoms with van der Waals surface area (Å²) in [6.07, 6.45) is 3.28. The van der Waals surface area contributed by atoms with Crippen LogP contribution < -0.4 is 16.8 Å². The van der Waals surface area contributed by atoms with Gasteiger partial charge in [0.05, 0.1) is 12.3 Å². The van der Waals surface area contributed by atoms with Crippen LogP contribution in [0.2, 0.25) is 0 Å². The molecule has 0 spiro atoms. The van der Waals surface area contributed by atoms with Gasteiger partial charge in [-0.05, 0) is 25.5 Å². The summed E-state index contributed by atoms with van der Waals surface area (Å²) >= 11 is 0. The fourth-order valence-corrected chi connectivity index (χ4v) is 1.79. The number of imide groups is 1. The van der Waals surface area contributed by atoms with Crippen LogP contribution in [0, 0.1) is 10.1 Å². The van der Waals surface area contributed by atoms with Crippen molar-refractivity contribution in [3.8, 4) is 0 Å². The van der Waals surface area contributed by atoms with E-state index in [2.05, 4.69) is 5.10 Å². The van der Waals surface area contributed by atoms with E-state index in [4.69, 9.17) is 21.0 Å². The highest BCUT2D eigenvalue weighted by Gasteiger charge is 2.26. The fourth-order valence-electron chi connectivity index (χ4n) is 1.79. The molecule has 0 saturated carbocycles. The van der Waals surface area contributed by atoms with E-state index in [0.717, 1.165) is 30.1 Å². The maximum atomic E-state index is 11.1. The molecule has 0 radical (unpaired) electrons. The second-order valence-corrected chi connectivity index (χ2v) is 5.32. The quantitative estimate of drug-likeness (QED) is 0.151. The van der Waals surface area contributed by atoms with Crippen molar-refractivity contribution in [3.05, 3.63) is 28.0 Å². The minimum atomic E-state index is -0.933. The van der Waals surface area contributed by atoms with Gasteiger partial charge in [-0.3, -0.25) is 25.0 Å². The Bertz CT molecular complexity index is 717. The number of carboxylic acids is 1. The van der Waals surface area contributed by atoms with Gasteiger partial charge < -0.3 is 21.0 Å². The Hall–Kier alpha value is -3.32. The summed E-state index contributed by atoms with van der Waals surface area (Å²) < 4.78 is 4.78. The van der Waals surface area contributed by atoms with Crippen molar-refractivity contribution in [2.45, 2.75) is 25.3 Å². The first kappa shape index (κ1) is 21.7. The molecular weight excluding hydrogens is 364 g/mol. The van der Waals surface area contributed by atoms with Gasteiger partial charge >= 0.3 is 17.9 Å². The van der Waals surface area contributed by atoms with Gasteiger partial charge in [0.1, 0.15) is 17.5 Å². The fraction of sp³-hybridized carbons (Fsp3) is 0.429. The lowest BCUT2D eigenvalue weighted by molar-refractivity contribution is -0.402. The molecule has 2 heterocycles. The molecule has 27 heavy (non-hydrogen) atoms. The van der Waals surface area contributed by atoms with Gasteiger partial charge in [-0.2, -0.15) is 5.10 Å². The van der Waals surface area contributed by atoms with E-state index in [-0.39, 0.29) is 12.3 Å². The molecule has 2 rings (SSSR count). The van der Waals surface area contributed by atoms with Crippen LogP contribution >= 0.6 is 0 Å². The minimum absolute atomic E-state index is 0.115. The molecular formula is C14H20N6O7. The Morgan fingerprint density at radius 2 is 2.19 bits per heavy atom. The molecule has 1 aliphatic heterocycles. The molecule has 13 nitrogen and oxygen atoms in total. The number of nitro groups is 1. The van der Waals surface area contributed by atoms with Crippen molar-refractivity contribution in [1.82, 2.24) is 10.3 Å². The van der Waals surface area contributed by atoms with Crippen LogP contribution in [-0.2, 0) is 9.59 Å². The van der Waals surface area contributed by atoms with Crippen LogP contribution in [0.1, 0.15) is 25.0 Å². The number of nitrogens with one attached hydrogen (secondary N) is 1. The molecule has 6 N–H and O–H groups in total. The number of carbonyl (C=O) groups is 3. The van der Waals surface area contributed by atoms with Crippen LogP contribution in [-0.4, -0.2) is 58.3 Å². The van der Waals surface area contributed by atoms with Crippen molar-refractivity contribution >= 4 is 30.0 Å². The Balaban J connectivity index is 0.000000314. The molecule has 0 bridgehead atoms. The SMILES string of the molecule is NCCCC[C@H](N)C(=O)O.O=C1CN(/N=C\c2ccc([N+](=O)[O-])o2)C(=O)N1. The van der Waals surface area contributed by atoms with E-state index in [9.17, 15) is 24.5 Å². The van der Waals surface area contributed by atoms with Crippen molar-refractivity contribution < 1.29 is 28.8 Å². The maximum Gasteiger partial charge on any atom is 0.433 e. The molecule has 0 aromatic carbocycles. The number of hydrogen-bond donors (Lipinski definition) is 4. The predicted octanol–water partition coefficient (Wildman–Crippen LogP) is -0.399. The molecule has 1 aromatic rings. The summed E-state index contributed by atoms with van der Waals surface area (Å²) in [7, 11) is 0. The number of aliphatic carboxylic acids is 1. The maximum absolute atomic E-state index is 11.1. The van der Waals surface area contributed by atoms with Crippen LogP contribution in [0.15, 0.2) is 21.7 Å². The third kappa shape index (κ3) is 7.62. The Morgan fingerprint density at radius 3 is 2.67 bits per heavy atom. The van der Waals surface area contributed by atoms with Crippen molar-refractivity contribution in [2.75, 3.05) is 13.1 Å². The summed E-state index contributed by atoms with van der Waals surface area (Å²) in [5, 5.41) is 25.2. The molecule has 1 saturated heterocycles. The molecule has 1 fully saturated rings. The molecule has 0 aliphatic carbocycles. The number of carbonyl (C=O) groups excluding carboxylic acids is 2. The zero-order valence-corrected chi connectivity index (χ0v) is 14.2. The van der Waals surface area contributed by atoms with Gasteiger partial charge in [0.15, 0.2) is 5.76 Å². The number of nitrogens with zero attached hydrogens (tertiary/aromatic N) is 3. The zero-order valence-electron chi connectivity index (χ0n) is 14.2. The van der Waals surface area contributed by atoms with E-state index in [0.29, 0.717) is 13.0 Å². The molecule has 148 valence electrons. The number of hydrazone groups is 1. The van der Waals surface area contributed by atoms with E-state index in [1.165, 1.54) is 6.07 Å². The summed E-state index contributed by atoms with van der Waals surface area (Å²) in [5.41, 5.74) is 10.4. The lowest BCUT2D eigenvalue weighted by atomic mass is 10.1. The highest BCUT2D eigenvalue weighted by atomic mass is 16.6. The first-order valence-corrected chi connectivity index (χ1v) is 7.82. The number of urea groups is 1. The first-order valence-electron chi connectivity index (χ1n) is 7.82. The Kier molecular flexibility index (Phi) is 8.55. The third-order valence-electron chi connectivity index (χ3n) is 3.18. The summed E-state index contributed by atoms with van der Waals surface area (Å²) in [6.45, 7) is 0.421. The number of nitrogens with two attached hydrogens (primary N) is 2. The molecule has 0 unspecified atom stereocenters. The van der Waals surface area contributed by atoms with Crippen LogP contribution in [0.3, 0.4) is 0 Å². The number of carboxylic acid groups (broad SMARTS) is 1. The normalized spacial score (nSPS) is 14.7. The van der Waals surface area contributed by atoms with Gasteiger partial charge in [-0.25, -0.2) is 9.80 Å². The standard InChI is InChI=1S/C8H6N4O5.C6H14N2O2/c13-6-4-11(8(14)10-6)9-3-5-1-2-7(17-5)12(15)16;7-4-2-1-3-5(8)6(9)10/h1-3H,4H2,(H,10,13,14);5H,1-4,7-8H2,(H,9,10)/b9-3-;/t;5-/m.0/s1. The molecule has 1 aliphatic rings. The third-order valence-corrected chi connectivity index (χ3v) is 3.18. The minimum Gasteiger partial charge on any atom is -0.480 e. The van der Waals surface area contributed by atoms with E-state index in [1.807, 2.05) is 5.32 Å². The zero-order chi connectivity index (χ0) is 20.4. The number of hydrogen-bond acceptors (Lipinski definition) is 9. The summed E-state index contributed by atoms with van der Waals surface area (Å²) in [4.78, 5) is 41.6. The Labute approximate surface area is 153 Å². The van der Waals surface area contributed by atoms with Gasteiger partial charge in [-0.15, -0.1) is 0 Å². The van der Waals surface area contributed by atoms with Crippen molar-refractivity contribution in [3.63, 3.8) is 0 Å². The molecule has 1 aromatic heterocycles. The van der Waals surface area contributed by atoms with Gasteiger partial charge in [0.2, 0.25) is 5.91 Å². The lowest BCUT2D eigenvalue weighted by Crippen LogP contribution is -2.29. The van der Waals surface area contributed by atoms with E-state index < -0.39 is 34.8 Å². The van der Waals surface area contributed by atoms with E-state index >= 15 is 0 Å². The number of furan rings is 1.